The minimum absolute atomic E-state index is 0.0524. The van der Waals surface area contributed by atoms with E-state index in [0.717, 1.165) is 16.6 Å². The molecule has 29 heavy (non-hydrogen) atoms. The number of amides is 1. The smallest absolute Gasteiger partial charge is 0.258 e. The number of aryl methyl sites for hydroxylation is 3. The second kappa shape index (κ2) is 8.56. The van der Waals surface area contributed by atoms with Crippen molar-refractivity contribution < 1.29 is 13.9 Å². The number of pyridine rings is 1. The van der Waals surface area contributed by atoms with Crippen LogP contribution >= 0.6 is 0 Å². The molecule has 0 spiro atoms. The third-order valence-electron chi connectivity index (χ3n) is 4.31. The van der Waals surface area contributed by atoms with Crippen LogP contribution in [-0.4, -0.2) is 40.4 Å². The van der Waals surface area contributed by atoms with Crippen molar-refractivity contribution in [3.63, 3.8) is 0 Å². The van der Waals surface area contributed by atoms with Crippen molar-refractivity contribution in [3.8, 4) is 11.9 Å². The first-order valence-corrected chi connectivity index (χ1v) is 9.03. The summed E-state index contributed by atoms with van der Waals surface area (Å²) in [6.45, 7) is 4.28. The van der Waals surface area contributed by atoms with Gasteiger partial charge in [-0.25, -0.2) is 14.1 Å². The largest absolute Gasteiger partial charge is 0.466 e. The highest BCUT2D eigenvalue weighted by Gasteiger charge is 2.15. The van der Waals surface area contributed by atoms with Crippen LogP contribution in [0.4, 0.5) is 10.1 Å². The van der Waals surface area contributed by atoms with Crippen molar-refractivity contribution >= 4 is 22.6 Å². The van der Waals surface area contributed by atoms with Crippen LogP contribution in [0, 0.1) is 31.0 Å². The average molecular weight is 396 g/mol. The minimum atomic E-state index is -0.586. The van der Waals surface area contributed by atoms with Gasteiger partial charge in [0.2, 0.25) is 5.88 Å². The number of nitrogens with zero attached hydrogens (tertiary/aromatic N) is 4. The van der Waals surface area contributed by atoms with Gasteiger partial charge < -0.3 is 15.4 Å². The fraction of sp³-hybridized carbons (Fsp3) is 0.300. The van der Waals surface area contributed by atoms with Crippen molar-refractivity contribution in [1.82, 2.24) is 20.1 Å². The van der Waals surface area contributed by atoms with Crippen LogP contribution in [0.3, 0.4) is 0 Å². The predicted molar refractivity (Wildman–Crippen MR) is 106 cm³/mol. The fourth-order valence-electron chi connectivity index (χ4n) is 3.02. The third-order valence-corrected chi connectivity index (χ3v) is 4.31. The highest BCUT2D eigenvalue weighted by Crippen LogP contribution is 2.26. The van der Waals surface area contributed by atoms with Crippen molar-refractivity contribution in [2.75, 3.05) is 25.0 Å². The molecule has 2 aromatic heterocycles. The molecule has 1 aromatic carbocycles. The van der Waals surface area contributed by atoms with E-state index in [2.05, 4.69) is 20.7 Å². The molecule has 0 radical (unpaired) electrons. The number of aromatic nitrogens is 3. The lowest BCUT2D eigenvalue weighted by Gasteiger charge is -2.10. The second-order valence-corrected chi connectivity index (χ2v) is 6.55. The second-order valence-electron chi connectivity index (χ2n) is 6.55. The van der Waals surface area contributed by atoms with Crippen LogP contribution in [0.5, 0.6) is 5.88 Å². The Morgan fingerprint density at radius 2 is 2.14 bits per heavy atom. The maximum absolute atomic E-state index is 13.6. The van der Waals surface area contributed by atoms with Crippen molar-refractivity contribution in [2.24, 2.45) is 7.05 Å². The lowest BCUT2D eigenvalue weighted by Crippen LogP contribution is -2.32. The van der Waals surface area contributed by atoms with Crippen LogP contribution < -0.4 is 15.4 Å². The number of anilines is 1. The van der Waals surface area contributed by atoms with Gasteiger partial charge in [0.05, 0.1) is 11.1 Å². The van der Waals surface area contributed by atoms with Crippen LogP contribution in [0.25, 0.3) is 11.0 Å². The maximum Gasteiger partial charge on any atom is 0.258 e. The molecule has 150 valence electrons. The first-order valence-electron chi connectivity index (χ1n) is 9.03. The Hall–Kier alpha value is -3.67. The molecule has 0 unspecified atom stereocenters. The van der Waals surface area contributed by atoms with E-state index < -0.39 is 5.82 Å². The Labute approximate surface area is 167 Å². The minimum Gasteiger partial charge on any atom is -0.466 e. The summed E-state index contributed by atoms with van der Waals surface area (Å²) < 4.78 is 20.8. The number of carbonyl (C=O) groups is 1. The zero-order chi connectivity index (χ0) is 21.0. The molecule has 9 heteroatoms. The van der Waals surface area contributed by atoms with E-state index in [1.807, 2.05) is 26.0 Å². The molecule has 0 fully saturated rings. The number of hydrogen-bond donors (Lipinski definition) is 2. The lowest BCUT2D eigenvalue weighted by molar-refractivity contribution is -0.123. The van der Waals surface area contributed by atoms with Crippen LogP contribution in [0.1, 0.15) is 16.8 Å². The molecule has 0 saturated carbocycles. The van der Waals surface area contributed by atoms with Crippen LogP contribution in [0.2, 0.25) is 0 Å². The summed E-state index contributed by atoms with van der Waals surface area (Å²) >= 11 is 0. The first kappa shape index (κ1) is 20.1. The summed E-state index contributed by atoms with van der Waals surface area (Å²) in [5.74, 6) is -0.542. The van der Waals surface area contributed by atoms with Gasteiger partial charge in [-0.2, -0.15) is 5.26 Å². The summed E-state index contributed by atoms with van der Waals surface area (Å²) in [6, 6.07) is 8.10. The van der Waals surface area contributed by atoms with E-state index in [9.17, 15) is 9.18 Å². The summed E-state index contributed by atoms with van der Waals surface area (Å²) in [5.41, 5.74) is 2.89. The SMILES string of the molecule is Cc1cc(C)c2c(OCC(=O)NCCNc3cccc(F)c3C#N)nn(C)c2n1. The Bertz CT molecular complexity index is 1100. The van der Waals surface area contributed by atoms with Gasteiger partial charge >= 0.3 is 0 Å². The van der Waals surface area contributed by atoms with E-state index in [1.165, 1.54) is 12.1 Å². The van der Waals surface area contributed by atoms with Gasteiger partial charge in [0.15, 0.2) is 12.3 Å². The number of nitriles is 1. The molecule has 8 nitrogen and oxygen atoms in total. The quantitative estimate of drug-likeness (QED) is 0.593. The number of nitrogens with one attached hydrogen (secondary N) is 2. The third kappa shape index (κ3) is 4.43. The molecule has 0 bridgehead atoms. The van der Waals surface area contributed by atoms with E-state index in [-0.39, 0.29) is 24.6 Å². The Kier molecular flexibility index (Phi) is 5.93. The van der Waals surface area contributed by atoms with Gasteiger partial charge in [0, 0.05) is 25.8 Å². The summed E-state index contributed by atoms with van der Waals surface area (Å²) in [7, 11) is 1.77. The molecule has 0 atom stereocenters. The van der Waals surface area contributed by atoms with Gasteiger partial charge in [-0.1, -0.05) is 6.07 Å². The lowest BCUT2D eigenvalue weighted by atomic mass is 10.2. The summed E-state index contributed by atoms with van der Waals surface area (Å²) in [4.78, 5) is 16.5. The number of ether oxygens (including phenoxy) is 1. The number of benzene rings is 1. The topological polar surface area (TPSA) is 105 Å². The van der Waals surface area contributed by atoms with Crippen molar-refractivity contribution in [1.29, 1.82) is 5.26 Å². The van der Waals surface area contributed by atoms with Gasteiger partial charge in [0.1, 0.15) is 17.4 Å². The van der Waals surface area contributed by atoms with E-state index in [0.29, 0.717) is 23.8 Å². The summed E-state index contributed by atoms with van der Waals surface area (Å²) in [6.07, 6.45) is 0. The average Bonchev–Trinajstić information content (AvgIpc) is 2.99. The highest BCUT2D eigenvalue weighted by atomic mass is 19.1. The Morgan fingerprint density at radius 3 is 2.90 bits per heavy atom. The molecule has 0 saturated heterocycles. The normalized spacial score (nSPS) is 10.6. The number of rotatable bonds is 7. The van der Waals surface area contributed by atoms with Crippen molar-refractivity contribution in [2.45, 2.75) is 13.8 Å². The molecule has 0 aliphatic heterocycles. The van der Waals surface area contributed by atoms with Gasteiger partial charge in [-0.3, -0.25) is 4.79 Å². The zero-order valence-electron chi connectivity index (χ0n) is 16.4. The number of halogens is 1. The molecule has 0 aliphatic carbocycles. The molecule has 3 rings (SSSR count). The molecular weight excluding hydrogens is 375 g/mol. The Balaban J connectivity index is 1.52. The molecule has 3 aromatic rings. The van der Waals surface area contributed by atoms with Crippen molar-refractivity contribution in [3.05, 3.63) is 46.9 Å². The predicted octanol–water partition coefficient (Wildman–Crippen LogP) is 2.20. The molecule has 0 aliphatic rings. The van der Waals surface area contributed by atoms with E-state index in [4.69, 9.17) is 10.00 Å². The van der Waals surface area contributed by atoms with Gasteiger partial charge in [0.25, 0.3) is 5.91 Å². The fourth-order valence-corrected chi connectivity index (χ4v) is 3.02. The van der Waals surface area contributed by atoms with Gasteiger partial charge in [-0.05, 0) is 37.6 Å². The van der Waals surface area contributed by atoms with E-state index >= 15 is 0 Å². The molecule has 2 heterocycles. The van der Waals surface area contributed by atoms with E-state index in [1.54, 1.807) is 17.8 Å². The number of carbonyl (C=O) groups excluding carboxylic acids is 1. The number of hydrogen-bond acceptors (Lipinski definition) is 6. The van der Waals surface area contributed by atoms with Gasteiger partial charge in [-0.15, -0.1) is 5.10 Å². The first-order chi connectivity index (χ1) is 13.9. The highest BCUT2D eigenvalue weighted by molar-refractivity contribution is 5.85. The maximum atomic E-state index is 13.6. The molecule has 2 N–H and O–H groups in total. The number of fused-ring (bicyclic) bond motifs is 1. The van der Waals surface area contributed by atoms with Crippen LogP contribution in [-0.2, 0) is 11.8 Å². The Morgan fingerprint density at radius 1 is 1.34 bits per heavy atom. The molecule has 1 amide bonds. The van der Waals surface area contributed by atoms with Crippen LogP contribution in [0.15, 0.2) is 24.3 Å². The zero-order valence-corrected chi connectivity index (χ0v) is 16.4. The summed E-state index contributed by atoms with van der Waals surface area (Å²) in [5, 5.41) is 19.7. The molecular formula is C20H21FN6O2. The monoisotopic (exact) mass is 396 g/mol. The standard InChI is InChI=1S/C20H21FN6O2/c1-12-9-13(2)25-19-18(12)20(26-27(19)3)29-11-17(28)24-8-7-23-16-6-4-5-15(21)14(16)10-22/h4-6,9,23H,7-8,11H2,1-3H3,(H,24,28).